The van der Waals surface area contributed by atoms with Crippen LogP contribution in [0.1, 0.15) is 27.6 Å². The molecule has 0 spiro atoms. The van der Waals surface area contributed by atoms with Gasteiger partial charge in [-0.2, -0.15) is 0 Å². The number of amides is 1. The first-order valence-electron chi connectivity index (χ1n) is 10.8. The van der Waals surface area contributed by atoms with Gasteiger partial charge < -0.3 is 19.5 Å². The third-order valence-corrected chi connectivity index (χ3v) is 6.42. The number of rotatable bonds is 4. The van der Waals surface area contributed by atoms with E-state index >= 15 is 4.39 Å². The van der Waals surface area contributed by atoms with E-state index in [9.17, 15) is 19.5 Å². The Hall–Kier alpha value is -3.57. The van der Waals surface area contributed by atoms with E-state index < -0.39 is 28.7 Å². The predicted molar refractivity (Wildman–Crippen MR) is 134 cm³/mol. The highest BCUT2D eigenvalue weighted by Gasteiger charge is 2.24. The monoisotopic (exact) mass is 517 g/mol. The first kappa shape index (κ1) is 24.6. The summed E-state index contributed by atoms with van der Waals surface area (Å²) in [4.78, 5) is 43.9. The fraction of sp³-hybridized carbons (Fsp3) is 0.261. The number of aromatic nitrogens is 2. The first-order chi connectivity index (χ1) is 16.7. The molecule has 4 rings (SSSR count). The van der Waals surface area contributed by atoms with E-state index in [1.54, 1.807) is 16.7 Å². The summed E-state index contributed by atoms with van der Waals surface area (Å²) < 4.78 is 16.7. The van der Waals surface area contributed by atoms with Crippen molar-refractivity contribution in [3.63, 3.8) is 0 Å². The SMILES string of the molecule is CCn1cc(C(=O)O)c(=O)c2cc(F)c(N3CCN(C(=S)NC(=O)c4ccc(Cl)nc4)CC3)cc21. The number of piperazine rings is 1. The molecule has 9 nitrogen and oxygen atoms in total. The Labute approximate surface area is 209 Å². The van der Waals surface area contributed by atoms with Gasteiger partial charge in [0, 0.05) is 50.5 Å². The van der Waals surface area contributed by atoms with Gasteiger partial charge in [-0.15, -0.1) is 0 Å². The molecule has 0 atom stereocenters. The molecule has 182 valence electrons. The second kappa shape index (κ2) is 9.96. The first-order valence-corrected chi connectivity index (χ1v) is 11.5. The van der Waals surface area contributed by atoms with E-state index in [2.05, 4.69) is 10.3 Å². The Morgan fingerprint density at radius 3 is 2.54 bits per heavy atom. The Bertz CT molecular complexity index is 1390. The smallest absolute Gasteiger partial charge is 0.341 e. The highest BCUT2D eigenvalue weighted by molar-refractivity contribution is 7.80. The molecular weight excluding hydrogens is 497 g/mol. The molecule has 0 saturated carbocycles. The maximum Gasteiger partial charge on any atom is 0.341 e. The zero-order valence-corrected chi connectivity index (χ0v) is 20.2. The van der Waals surface area contributed by atoms with Crippen LogP contribution in [0.4, 0.5) is 10.1 Å². The number of nitrogens with zero attached hydrogens (tertiary/aromatic N) is 4. The number of pyridine rings is 2. The lowest BCUT2D eigenvalue weighted by Crippen LogP contribution is -2.52. The normalized spacial score (nSPS) is 13.7. The Kier molecular flexibility index (Phi) is 6.99. The highest BCUT2D eigenvalue weighted by Crippen LogP contribution is 2.26. The number of fused-ring (bicyclic) bond motifs is 1. The molecule has 3 aromatic rings. The summed E-state index contributed by atoms with van der Waals surface area (Å²) in [5.41, 5.74) is -0.0270. The number of anilines is 1. The predicted octanol–water partition coefficient (Wildman–Crippen LogP) is 2.74. The molecule has 2 N–H and O–H groups in total. The molecule has 1 aliphatic heterocycles. The molecule has 1 aliphatic rings. The number of hydrogen-bond acceptors (Lipinski definition) is 6. The van der Waals surface area contributed by atoms with Crippen molar-refractivity contribution in [1.82, 2.24) is 19.8 Å². The van der Waals surface area contributed by atoms with Crippen LogP contribution in [0.2, 0.25) is 5.15 Å². The average Bonchev–Trinajstić information content (AvgIpc) is 2.84. The van der Waals surface area contributed by atoms with E-state index in [0.717, 1.165) is 6.07 Å². The fourth-order valence-corrected chi connectivity index (χ4v) is 4.35. The van der Waals surface area contributed by atoms with Crippen LogP contribution in [0.5, 0.6) is 0 Å². The quantitative estimate of drug-likeness (QED) is 0.402. The van der Waals surface area contributed by atoms with E-state index in [4.69, 9.17) is 23.8 Å². The number of thiocarbonyl (C=S) groups is 1. The van der Waals surface area contributed by atoms with Crippen molar-refractivity contribution in [2.75, 3.05) is 31.1 Å². The third-order valence-electron chi connectivity index (χ3n) is 5.84. The number of carbonyl (C=O) groups excluding carboxylic acids is 1. The third kappa shape index (κ3) is 4.96. The summed E-state index contributed by atoms with van der Waals surface area (Å²) in [5.74, 6) is -2.37. The molecule has 0 aliphatic carbocycles. The van der Waals surface area contributed by atoms with Gasteiger partial charge in [0.25, 0.3) is 5.91 Å². The van der Waals surface area contributed by atoms with Crippen LogP contribution in [-0.4, -0.2) is 62.7 Å². The van der Waals surface area contributed by atoms with Gasteiger partial charge >= 0.3 is 5.97 Å². The number of carbonyl (C=O) groups is 2. The van der Waals surface area contributed by atoms with Crippen LogP contribution in [0.25, 0.3) is 10.9 Å². The number of carboxylic acids is 1. The molecular formula is C23H21ClFN5O4S. The maximum absolute atomic E-state index is 15.0. The van der Waals surface area contributed by atoms with Gasteiger partial charge in [0.15, 0.2) is 5.11 Å². The van der Waals surface area contributed by atoms with Crippen molar-refractivity contribution in [2.45, 2.75) is 13.5 Å². The molecule has 1 aromatic carbocycles. The van der Waals surface area contributed by atoms with Crippen molar-refractivity contribution < 1.29 is 19.1 Å². The number of halogens is 2. The number of aromatic carboxylic acids is 1. The molecule has 35 heavy (non-hydrogen) atoms. The second-order valence-corrected chi connectivity index (χ2v) is 8.66. The van der Waals surface area contributed by atoms with Crippen molar-refractivity contribution in [3.8, 4) is 0 Å². The lowest BCUT2D eigenvalue weighted by molar-refractivity contribution is 0.0694. The van der Waals surface area contributed by atoms with Crippen LogP contribution in [0, 0.1) is 5.82 Å². The van der Waals surface area contributed by atoms with Gasteiger partial charge in [-0.25, -0.2) is 14.2 Å². The van der Waals surface area contributed by atoms with Gasteiger partial charge in [0.05, 0.1) is 16.8 Å². The zero-order chi connectivity index (χ0) is 25.3. The molecule has 2 aromatic heterocycles. The molecule has 0 bridgehead atoms. The van der Waals surface area contributed by atoms with Crippen LogP contribution in [0.15, 0.2) is 41.5 Å². The zero-order valence-electron chi connectivity index (χ0n) is 18.6. The largest absolute Gasteiger partial charge is 0.477 e. The summed E-state index contributed by atoms with van der Waals surface area (Å²) in [6.45, 7) is 3.94. The van der Waals surface area contributed by atoms with E-state index in [-0.39, 0.29) is 15.7 Å². The van der Waals surface area contributed by atoms with Gasteiger partial charge in [-0.3, -0.25) is 14.9 Å². The second-order valence-electron chi connectivity index (χ2n) is 7.89. The van der Waals surface area contributed by atoms with Gasteiger partial charge in [0.1, 0.15) is 16.5 Å². The highest BCUT2D eigenvalue weighted by atomic mass is 35.5. The minimum absolute atomic E-state index is 0.0206. The maximum atomic E-state index is 15.0. The topological polar surface area (TPSA) is 108 Å². The summed E-state index contributed by atoms with van der Waals surface area (Å²) >= 11 is 11.1. The van der Waals surface area contributed by atoms with Crippen LogP contribution in [0.3, 0.4) is 0 Å². The Morgan fingerprint density at radius 1 is 1.23 bits per heavy atom. The van der Waals surface area contributed by atoms with Crippen molar-refractivity contribution in [2.24, 2.45) is 0 Å². The summed E-state index contributed by atoms with van der Waals surface area (Å²) in [7, 11) is 0. The molecule has 1 fully saturated rings. The van der Waals surface area contributed by atoms with E-state index in [1.807, 2.05) is 16.7 Å². The Balaban J connectivity index is 1.50. The van der Waals surface area contributed by atoms with Crippen molar-refractivity contribution >= 4 is 57.4 Å². The van der Waals surface area contributed by atoms with E-state index in [0.29, 0.717) is 49.5 Å². The number of aryl methyl sites for hydroxylation is 1. The van der Waals surface area contributed by atoms with E-state index in [1.165, 1.54) is 18.5 Å². The summed E-state index contributed by atoms with van der Waals surface area (Å²) in [5, 5.41) is 12.5. The minimum Gasteiger partial charge on any atom is -0.477 e. The van der Waals surface area contributed by atoms with Gasteiger partial charge in [-0.1, -0.05) is 11.6 Å². The summed E-state index contributed by atoms with van der Waals surface area (Å²) in [6.07, 6.45) is 2.64. The fourth-order valence-electron chi connectivity index (χ4n) is 3.96. The number of hydrogen-bond donors (Lipinski definition) is 2. The van der Waals surface area contributed by atoms with Gasteiger partial charge in [-0.05, 0) is 43.4 Å². The molecule has 0 unspecified atom stereocenters. The minimum atomic E-state index is -1.35. The Morgan fingerprint density at radius 2 is 1.94 bits per heavy atom. The molecule has 12 heteroatoms. The number of benzene rings is 1. The van der Waals surface area contributed by atoms with Crippen LogP contribution < -0.4 is 15.6 Å². The van der Waals surface area contributed by atoms with Crippen molar-refractivity contribution in [1.29, 1.82) is 0 Å². The standard InChI is InChI=1S/C23H21ClFN5O4S/c1-2-28-12-15(22(33)34)20(31)14-9-16(25)18(10-17(14)28)29-5-7-30(8-6-29)23(35)27-21(32)13-3-4-19(24)26-11-13/h3-4,9-12H,2,5-8H2,1H3,(H,33,34)(H,27,32,35). The average molecular weight is 518 g/mol. The molecule has 0 radical (unpaired) electrons. The lowest BCUT2D eigenvalue weighted by atomic mass is 10.1. The molecule has 1 saturated heterocycles. The van der Waals surface area contributed by atoms with Crippen LogP contribution >= 0.6 is 23.8 Å². The van der Waals surface area contributed by atoms with Crippen molar-refractivity contribution in [3.05, 3.63) is 69.0 Å². The number of nitrogens with one attached hydrogen (secondary N) is 1. The molecule has 3 heterocycles. The van der Waals surface area contributed by atoms with Gasteiger partial charge in [0.2, 0.25) is 5.43 Å². The van der Waals surface area contributed by atoms with Crippen LogP contribution in [-0.2, 0) is 6.54 Å². The number of carboxylic acid groups (broad SMARTS) is 1. The lowest BCUT2D eigenvalue weighted by Gasteiger charge is -2.37. The summed E-state index contributed by atoms with van der Waals surface area (Å²) in [6, 6.07) is 5.73. The molecule has 1 amide bonds.